The quantitative estimate of drug-likeness (QED) is 0.473. The highest BCUT2D eigenvalue weighted by Crippen LogP contribution is 2.15. The molecule has 0 spiro atoms. The maximum absolute atomic E-state index is 12.5. The molecule has 3 amide bonds. The monoisotopic (exact) mass is 341 g/mol. The zero-order valence-electron chi connectivity index (χ0n) is 15.4. The minimum absolute atomic E-state index is 0.276. The van der Waals surface area contributed by atoms with E-state index in [0.717, 1.165) is 49.8 Å². The first-order valence-electron chi connectivity index (χ1n) is 9.33. The Hall–Kier alpha value is -1.43. The molecule has 4 N–H and O–H groups in total. The molecule has 0 unspecified atom stereocenters. The van der Waals surface area contributed by atoms with E-state index in [1.54, 1.807) is 0 Å². The summed E-state index contributed by atoms with van der Waals surface area (Å²) in [5.74, 6) is -1.16. The largest absolute Gasteiger partial charge is 0.368 e. The molecule has 0 bridgehead atoms. The van der Waals surface area contributed by atoms with Gasteiger partial charge in [-0.1, -0.05) is 39.5 Å². The lowest BCUT2D eigenvalue weighted by atomic mass is 10.0. The number of imide groups is 1. The van der Waals surface area contributed by atoms with E-state index in [9.17, 15) is 14.4 Å². The Morgan fingerprint density at radius 2 is 1.33 bits per heavy atom. The number of nitrogens with zero attached hydrogens (tertiary/aromatic N) is 1. The van der Waals surface area contributed by atoms with Crippen LogP contribution in [0.3, 0.4) is 0 Å². The lowest BCUT2D eigenvalue weighted by molar-refractivity contribution is -0.152. The van der Waals surface area contributed by atoms with E-state index in [1.807, 2.05) is 0 Å². The van der Waals surface area contributed by atoms with E-state index < -0.39 is 11.9 Å². The highest BCUT2D eigenvalue weighted by Gasteiger charge is 2.32. The average molecular weight is 341 g/mol. The van der Waals surface area contributed by atoms with Crippen molar-refractivity contribution in [1.29, 1.82) is 0 Å². The summed E-state index contributed by atoms with van der Waals surface area (Å²) in [7, 11) is 0. The smallest absolute Gasteiger partial charge is 0.240 e. The van der Waals surface area contributed by atoms with Crippen LogP contribution in [0.5, 0.6) is 0 Å². The summed E-state index contributed by atoms with van der Waals surface area (Å²) in [4.78, 5) is 38.1. The Morgan fingerprint density at radius 3 is 1.71 bits per heavy atom. The first kappa shape index (κ1) is 22.6. The van der Waals surface area contributed by atoms with Gasteiger partial charge in [0, 0.05) is 12.8 Å². The number of carbonyl (C=O) groups excluding carboxylic acids is 3. The van der Waals surface area contributed by atoms with Crippen molar-refractivity contribution in [1.82, 2.24) is 4.90 Å². The standard InChI is InChI=1S/C18H35N3O3/c1-3-5-7-12-16(22)21(17(23)13-8-6-4-2)15(18(20)24)11-9-10-14-19/h15H,3-14,19H2,1-2H3,(H2,20,24)/t15-/m0/s1. The molecular formula is C18H35N3O3. The molecule has 6 heteroatoms. The number of amides is 3. The van der Waals surface area contributed by atoms with Gasteiger partial charge in [-0.2, -0.15) is 0 Å². The summed E-state index contributed by atoms with van der Waals surface area (Å²) in [6.45, 7) is 4.62. The first-order chi connectivity index (χ1) is 11.5. The van der Waals surface area contributed by atoms with E-state index in [4.69, 9.17) is 11.5 Å². The fourth-order valence-electron chi connectivity index (χ4n) is 2.66. The third-order valence-electron chi connectivity index (χ3n) is 4.10. The molecular weight excluding hydrogens is 306 g/mol. The van der Waals surface area contributed by atoms with Crippen LogP contribution in [-0.2, 0) is 14.4 Å². The van der Waals surface area contributed by atoms with Gasteiger partial charge in [-0.15, -0.1) is 0 Å². The number of nitrogens with two attached hydrogens (primary N) is 2. The van der Waals surface area contributed by atoms with Crippen molar-refractivity contribution in [2.45, 2.75) is 90.5 Å². The third-order valence-corrected chi connectivity index (χ3v) is 4.10. The number of hydrogen-bond acceptors (Lipinski definition) is 4. The van der Waals surface area contributed by atoms with Crippen molar-refractivity contribution in [3.8, 4) is 0 Å². The molecule has 140 valence electrons. The molecule has 0 aromatic rings. The summed E-state index contributed by atoms with van der Waals surface area (Å²) in [5, 5.41) is 0. The minimum Gasteiger partial charge on any atom is -0.368 e. The minimum atomic E-state index is -0.847. The van der Waals surface area contributed by atoms with Crippen LogP contribution in [0.15, 0.2) is 0 Å². The van der Waals surface area contributed by atoms with E-state index in [1.165, 1.54) is 0 Å². The number of hydrogen-bond donors (Lipinski definition) is 2. The summed E-state index contributed by atoms with van der Waals surface area (Å²) < 4.78 is 0. The van der Waals surface area contributed by atoms with Crippen molar-refractivity contribution < 1.29 is 14.4 Å². The second-order valence-electron chi connectivity index (χ2n) is 6.27. The van der Waals surface area contributed by atoms with Crippen molar-refractivity contribution in [3.05, 3.63) is 0 Å². The van der Waals surface area contributed by atoms with Gasteiger partial charge in [0.1, 0.15) is 6.04 Å². The van der Waals surface area contributed by atoms with Crippen molar-refractivity contribution >= 4 is 17.7 Å². The molecule has 0 aromatic heterocycles. The summed E-state index contributed by atoms with van der Waals surface area (Å²) >= 11 is 0. The molecule has 0 aliphatic heterocycles. The highest BCUT2D eigenvalue weighted by atomic mass is 16.2. The number of primary amides is 1. The molecule has 0 radical (unpaired) electrons. The second kappa shape index (κ2) is 14.0. The summed E-state index contributed by atoms with van der Waals surface area (Å²) in [6, 6.07) is -0.847. The highest BCUT2D eigenvalue weighted by molar-refractivity contribution is 6.00. The number of rotatable bonds is 14. The normalized spacial score (nSPS) is 12.0. The molecule has 0 rings (SSSR count). The second-order valence-corrected chi connectivity index (χ2v) is 6.27. The Labute approximate surface area is 146 Å². The van der Waals surface area contributed by atoms with Crippen molar-refractivity contribution in [2.75, 3.05) is 6.54 Å². The number of carbonyl (C=O) groups is 3. The summed E-state index contributed by atoms with van der Waals surface area (Å²) in [5.41, 5.74) is 11.0. The molecule has 0 heterocycles. The average Bonchev–Trinajstić information content (AvgIpc) is 2.54. The predicted octanol–water partition coefficient (Wildman–Crippen LogP) is 2.49. The van der Waals surface area contributed by atoms with Crippen LogP contribution in [0.25, 0.3) is 0 Å². The Bertz CT molecular complexity index is 364. The molecule has 6 nitrogen and oxygen atoms in total. The maximum atomic E-state index is 12.5. The van der Waals surface area contributed by atoms with Crippen LogP contribution >= 0.6 is 0 Å². The SMILES string of the molecule is CCCCCC(=O)N(C(=O)CCCCC)[C@@H](CCCCN)C(N)=O. The van der Waals surface area contributed by atoms with Gasteiger partial charge < -0.3 is 11.5 Å². The van der Waals surface area contributed by atoms with Gasteiger partial charge in [-0.3, -0.25) is 19.3 Å². The molecule has 0 aromatic carbocycles. The van der Waals surface area contributed by atoms with Gasteiger partial charge >= 0.3 is 0 Å². The number of unbranched alkanes of at least 4 members (excludes halogenated alkanes) is 5. The van der Waals surface area contributed by atoms with E-state index in [0.29, 0.717) is 19.4 Å². The Balaban J connectivity index is 5.04. The van der Waals surface area contributed by atoms with Crippen LogP contribution in [0.1, 0.15) is 84.5 Å². The molecule has 0 fully saturated rings. The lowest BCUT2D eigenvalue weighted by Gasteiger charge is -2.28. The van der Waals surface area contributed by atoms with Crippen LogP contribution in [0.2, 0.25) is 0 Å². The van der Waals surface area contributed by atoms with Gasteiger partial charge in [0.05, 0.1) is 0 Å². The van der Waals surface area contributed by atoms with Crippen molar-refractivity contribution in [3.63, 3.8) is 0 Å². The third kappa shape index (κ3) is 9.01. The van der Waals surface area contributed by atoms with Crippen LogP contribution in [0, 0.1) is 0 Å². The van der Waals surface area contributed by atoms with E-state index in [-0.39, 0.29) is 24.7 Å². The first-order valence-corrected chi connectivity index (χ1v) is 9.33. The topological polar surface area (TPSA) is 106 Å². The van der Waals surface area contributed by atoms with Crippen LogP contribution < -0.4 is 11.5 Å². The van der Waals surface area contributed by atoms with Crippen LogP contribution in [-0.4, -0.2) is 35.2 Å². The Morgan fingerprint density at radius 1 is 0.833 bits per heavy atom. The maximum Gasteiger partial charge on any atom is 0.240 e. The van der Waals surface area contributed by atoms with Gasteiger partial charge in [0.25, 0.3) is 0 Å². The summed E-state index contributed by atoms with van der Waals surface area (Å²) in [6.07, 6.45) is 7.67. The lowest BCUT2D eigenvalue weighted by Crippen LogP contribution is -2.51. The molecule has 0 aliphatic rings. The van der Waals surface area contributed by atoms with Gasteiger partial charge in [-0.05, 0) is 38.6 Å². The Kier molecular flexibility index (Phi) is 13.1. The van der Waals surface area contributed by atoms with Crippen LogP contribution in [0.4, 0.5) is 0 Å². The molecule has 1 atom stereocenters. The van der Waals surface area contributed by atoms with Gasteiger partial charge in [-0.25, -0.2) is 0 Å². The van der Waals surface area contributed by atoms with E-state index in [2.05, 4.69) is 13.8 Å². The van der Waals surface area contributed by atoms with Gasteiger partial charge in [0.15, 0.2) is 0 Å². The zero-order chi connectivity index (χ0) is 18.4. The fourth-order valence-corrected chi connectivity index (χ4v) is 2.66. The molecule has 0 saturated heterocycles. The molecule has 0 saturated carbocycles. The zero-order valence-corrected chi connectivity index (χ0v) is 15.4. The predicted molar refractivity (Wildman–Crippen MR) is 96.0 cm³/mol. The fraction of sp³-hybridized carbons (Fsp3) is 0.833. The van der Waals surface area contributed by atoms with E-state index >= 15 is 0 Å². The molecule has 24 heavy (non-hydrogen) atoms. The van der Waals surface area contributed by atoms with Gasteiger partial charge in [0.2, 0.25) is 17.7 Å². The van der Waals surface area contributed by atoms with Crippen molar-refractivity contribution in [2.24, 2.45) is 11.5 Å². The molecule has 0 aliphatic carbocycles.